The van der Waals surface area contributed by atoms with Crippen molar-refractivity contribution in [2.45, 2.75) is 12.8 Å². The lowest BCUT2D eigenvalue weighted by Crippen LogP contribution is -2.30. The van der Waals surface area contributed by atoms with Crippen LogP contribution in [0.5, 0.6) is 0 Å². The third-order valence-electron chi connectivity index (χ3n) is 4.15. The number of carbonyl (C=O) groups excluding carboxylic acids is 1. The van der Waals surface area contributed by atoms with E-state index in [4.69, 9.17) is 11.6 Å². The molecule has 1 amide bonds. The minimum Gasteiger partial charge on any atom is -0.331 e. The highest BCUT2D eigenvalue weighted by atomic mass is 35.5. The highest BCUT2D eigenvalue weighted by molar-refractivity contribution is 7.13. The number of benzene rings is 2. The zero-order chi connectivity index (χ0) is 17.2. The Labute approximate surface area is 155 Å². The number of hydrogen-bond donors (Lipinski definition) is 1. The van der Waals surface area contributed by atoms with Crippen molar-refractivity contribution in [1.29, 1.82) is 0 Å². The molecular weight excluding hydrogens is 354 g/mol. The third kappa shape index (κ3) is 3.52. The highest BCUT2D eigenvalue weighted by Gasteiger charge is 2.24. The van der Waals surface area contributed by atoms with Gasteiger partial charge in [0.2, 0.25) is 5.91 Å². The van der Waals surface area contributed by atoms with E-state index in [1.54, 1.807) is 0 Å². The molecule has 1 N–H and O–H groups in total. The molecule has 0 atom stereocenters. The Kier molecular flexibility index (Phi) is 4.42. The van der Waals surface area contributed by atoms with Crippen LogP contribution < -0.4 is 10.2 Å². The van der Waals surface area contributed by atoms with E-state index in [1.165, 1.54) is 16.9 Å². The molecule has 2 heterocycles. The van der Waals surface area contributed by atoms with Gasteiger partial charge in [0.05, 0.1) is 12.1 Å². The van der Waals surface area contributed by atoms with Gasteiger partial charge in [0.25, 0.3) is 0 Å². The summed E-state index contributed by atoms with van der Waals surface area (Å²) in [5.74, 6) is 0.0876. The van der Waals surface area contributed by atoms with Crippen molar-refractivity contribution in [2.24, 2.45) is 0 Å². The first-order chi connectivity index (χ1) is 12.2. The molecular formula is C19H16ClN3OS. The van der Waals surface area contributed by atoms with Crippen LogP contribution in [-0.2, 0) is 17.6 Å². The van der Waals surface area contributed by atoms with Gasteiger partial charge in [-0.05, 0) is 36.2 Å². The molecule has 0 radical (unpaired) electrons. The standard InChI is InChI=1S/C19H16ClN3OS/c20-14-5-3-6-15(10-14)21-19-22-16(12-25-19)11-18(24)23-9-8-13-4-1-2-7-17(13)23/h1-7,10,12H,8-9,11H2,(H,21,22). The van der Waals surface area contributed by atoms with E-state index < -0.39 is 0 Å². The van der Waals surface area contributed by atoms with Crippen molar-refractivity contribution in [2.75, 3.05) is 16.8 Å². The Morgan fingerprint density at radius 2 is 2.12 bits per heavy atom. The van der Waals surface area contributed by atoms with Crippen LogP contribution in [-0.4, -0.2) is 17.4 Å². The Morgan fingerprint density at radius 3 is 3.00 bits per heavy atom. The minimum atomic E-state index is 0.0876. The maximum atomic E-state index is 12.6. The van der Waals surface area contributed by atoms with E-state index in [1.807, 2.05) is 52.7 Å². The molecule has 0 aliphatic carbocycles. The number of carbonyl (C=O) groups is 1. The predicted octanol–water partition coefficient (Wildman–Crippen LogP) is 4.67. The van der Waals surface area contributed by atoms with Gasteiger partial charge in [0.15, 0.2) is 5.13 Å². The van der Waals surface area contributed by atoms with Crippen molar-refractivity contribution in [3.8, 4) is 0 Å². The molecule has 126 valence electrons. The van der Waals surface area contributed by atoms with Gasteiger partial charge in [-0.1, -0.05) is 35.9 Å². The number of hydrogen-bond acceptors (Lipinski definition) is 4. The van der Waals surface area contributed by atoms with Crippen LogP contribution in [0.1, 0.15) is 11.3 Å². The molecule has 25 heavy (non-hydrogen) atoms. The topological polar surface area (TPSA) is 45.2 Å². The smallest absolute Gasteiger partial charge is 0.233 e. The summed E-state index contributed by atoms with van der Waals surface area (Å²) in [6, 6.07) is 15.6. The molecule has 0 saturated heterocycles. The van der Waals surface area contributed by atoms with Crippen LogP contribution >= 0.6 is 22.9 Å². The van der Waals surface area contributed by atoms with E-state index in [2.05, 4.69) is 16.4 Å². The van der Waals surface area contributed by atoms with E-state index in [-0.39, 0.29) is 5.91 Å². The summed E-state index contributed by atoms with van der Waals surface area (Å²) in [6.07, 6.45) is 1.22. The number of fused-ring (bicyclic) bond motifs is 1. The largest absolute Gasteiger partial charge is 0.331 e. The molecule has 1 aliphatic heterocycles. The average molecular weight is 370 g/mol. The Bertz CT molecular complexity index is 924. The summed E-state index contributed by atoms with van der Waals surface area (Å²) in [6.45, 7) is 0.746. The van der Waals surface area contributed by atoms with Crippen molar-refractivity contribution >= 4 is 45.4 Å². The molecule has 2 aromatic carbocycles. The number of anilines is 3. The highest BCUT2D eigenvalue weighted by Crippen LogP contribution is 2.28. The molecule has 1 aliphatic rings. The van der Waals surface area contributed by atoms with Crippen LogP contribution in [0.25, 0.3) is 0 Å². The molecule has 4 nitrogen and oxygen atoms in total. The summed E-state index contributed by atoms with van der Waals surface area (Å²) in [7, 11) is 0. The number of nitrogens with one attached hydrogen (secondary N) is 1. The lowest BCUT2D eigenvalue weighted by molar-refractivity contribution is -0.117. The quantitative estimate of drug-likeness (QED) is 0.726. The summed E-state index contributed by atoms with van der Waals surface area (Å²) in [5.41, 5.74) is 3.93. The average Bonchev–Trinajstić information content (AvgIpc) is 3.21. The van der Waals surface area contributed by atoms with Crippen LogP contribution in [0.15, 0.2) is 53.9 Å². The first-order valence-corrected chi connectivity index (χ1v) is 9.30. The van der Waals surface area contributed by atoms with Crippen LogP contribution in [0.3, 0.4) is 0 Å². The molecule has 1 aromatic heterocycles. The Balaban J connectivity index is 1.44. The molecule has 0 fully saturated rings. The second kappa shape index (κ2) is 6.86. The lowest BCUT2D eigenvalue weighted by atomic mass is 10.2. The van der Waals surface area contributed by atoms with Crippen LogP contribution in [0.4, 0.5) is 16.5 Å². The number of nitrogens with zero attached hydrogens (tertiary/aromatic N) is 2. The van der Waals surface area contributed by atoms with Crippen molar-refractivity contribution in [3.63, 3.8) is 0 Å². The summed E-state index contributed by atoms with van der Waals surface area (Å²) in [4.78, 5) is 19.0. The Hall–Kier alpha value is -2.37. The number of thiazole rings is 1. The Morgan fingerprint density at radius 1 is 1.24 bits per heavy atom. The fraction of sp³-hybridized carbons (Fsp3) is 0.158. The molecule has 0 spiro atoms. The molecule has 4 rings (SSSR count). The third-order valence-corrected chi connectivity index (χ3v) is 5.19. The first kappa shape index (κ1) is 16.1. The zero-order valence-corrected chi connectivity index (χ0v) is 15.0. The van der Waals surface area contributed by atoms with Gasteiger partial charge in [0, 0.05) is 28.3 Å². The maximum Gasteiger partial charge on any atom is 0.233 e. The number of amides is 1. The van der Waals surface area contributed by atoms with Gasteiger partial charge in [-0.3, -0.25) is 4.79 Å². The van der Waals surface area contributed by atoms with Gasteiger partial charge in [-0.25, -0.2) is 4.98 Å². The van der Waals surface area contributed by atoms with Gasteiger partial charge in [-0.15, -0.1) is 11.3 Å². The zero-order valence-electron chi connectivity index (χ0n) is 13.4. The van der Waals surface area contributed by atoms with Gasteiger partial charge >= 0.3 is 0 Å². The van der Waals surface area contributed by atoms with Crippen molar-refractivity contribution in [3.05, 3.63) is 70.2 Å². The minimum absolute atomic E-state index is 0.0876. The molecule has 6 heteroatoms. The van der Waals surface area contributed by atoms with Gasteiger partial charge in [0.1, 0.15) is 0 Å². The summed E-state index contributed by atoms with van der Waals surface area (Å²) >= 11 is 7.48. The van der Waals surface area contributed by atoms with Crippen molar-refractivity contribution in [1.82, 2.24) is 4.98 Å². The molecule has 0 saturated carbocycles. The number of halogens is 1. The maximum absolute atomic E-state index is 12.6. The first-order valence-electron chi connectivity index (χ1n) is 8.04. The monoisotopic (exact) mass is 369 g/mol. The van der Waals surface area contributed by atoms with Crippen molar-refractivity contribution < 1.29 is 4.79 Å². The predicted molar refractivity (Wildman–Crippen MR) is 103 cm³/mol. The van der Waals surface area contributed by atoms with E-state index in [0.29, 0.717) is 11.4 Å². The molecule has 0 bridgehead atoms. The fourth-order valence-corrected chi connectivity index (χ4v) is 3.90. The molecule has 3 aromatic rings. The van der Waals surface area contributed by atoms with Crippen LogP contribution in [0.2, 0.25) is 5.02 Å². The fourth-order valence-electron chi connectivity index (χ4n) is 2.98. The SMILES string of the molecule is O=C(Cc1csc(Nc2cccc(Cl)c2)n1)N1CCc2ccccc21. The van der Waals surface area contributed by atoms with E-state index in [9.17, 15) is 4.79 Å². The number of rotatable bonds is 4. The van der Waals surface area contributed by atoms with Gasteiger partial charge in [-0.2, -0.15) is 0 Å². The lowest BCUT2D eigenvalue weighted by Gasteiger charge is -2.16. The summed E-state index contributed by atoms with van der Waals surface area (Å²) in [5, 5.41) is 6.57. The second-order valence-electron chi connectivity index (χ2n) is 5.88. The van der Waals surface area contributed by atoms with Gasteiger partial charge < -0.3 is 10.2 Å². The number of para-hydroxylation sites is 1. The van der Waals surface area contributed by atoms with E-state index in [0.717, 1.165) is 35.2 Å². The van der Waals surface area contributed by atoms with Crippen LogP contribution in [0, 0.1) is 0 Å². The molecule has 0 unspecified atom stereocenters. The van der Waals surface area contributed by atoms with E-state index >= 15 is 0 Å². The normalized spacial score (nSPS) is 12.9. The summed E-state index contributed by atoms with van der Waals surface area (Å²) < 4.78 is 0. The number of aromatic nitrogens is 1. The second-order valence-corrected chi connectivity index (χ2v) is 7.17.